The van der Waals surface area contributed by atoms with Crippen LogP contribution in [-0.4, -0.2) is 16.5 Å². The molecule has 0 saturated heterocycles. The van der Waals surface area contributed by atoms with E-state index < -0.39 is 0 Å². The summed E-state index contributed by atoms with van der Waals surface area (Å²) >= 11 is 0. The van der Waals surface area contributed by atoms with Crippen molar-refractivity contribution >= 4 is 5.82 Å². The van der Waals surface area contributed by atoms with E-state index in [-0.39, 0.29) is 0 Å². The number of anilines is 1. The number of nitrogens with zero attached hydrogens (tertiary/aromatic N) is 2. The van der Waals surface area contributed by atoms with Crippen molar-refractivity contribution in [3.8, 4) is 11.3 Å². The fourth-order valence-corrected chi connectivity index (χ4v) is 1.79. The molecule has 0 fully saturated rings. The SMILES string of the molecule is CCCNc1cncc(-c2cccc(CC)c2)n1. The lowest BCUT2D eigenvalue weighted by molar-refractivity contribution is 0.965. The van der Waals surface area contributed by atoms with Crippen LogP contribution in [0, 0.1) is 0 Å². The minimum Gasteiger partial charge on any atom is -0.369 e. The zero-order valence-electron chi connectivity index (χ0n) is 11.0. The molecule has 2 rings (SSSR count). The molecule has 1 N–H and O–H groups in total. The van der Waals surface area contributed by atoms with Gasteiger partial charge in [0.2, 0.25) is 0 Å². The number of hydrogen-bond acceptors (Lipinski definition) is 3. The number of aromatic nitrogens is 2. The van der Waals surface area contributed by atoms with E-state index in [2.05, 4.69) is 53.4 Å². The fourth-order valence-electron chi connectivity index (χ4n) is 1.79. The summed E-state index contributed by atoms with van der Waals surface area (Å²) in [5.41, 5.74) is 3.37. The first kappa shape index (κ1) is 12.6. The van der Waals surface area contributed by atoms with Crippen LogP contribution >= 0.6 is 0 Å². The lowest BCUT2D eigenvalue weighted by Gasteiger charge is -2.06. The van der Waals surface area contributed by atoms with E-state index in [4.69, 9.17) is 0 Å². The van der Waals surface area contributed by atoms with Gasteiger partial charge in [-0.1, -0.05) is 32.0 Å². The average Bonchev–Trinajstić information content (AvgIpc) is 2.45. The van der Waals surface area contributed by atoms with Gasteiger partial charge in [0, 0.05) is 12.1 Å². The molecule has 2 aromatic rings. The second kappa shape index (κ2) is 6.15. The maximum Gasteiger partial charge on any atom is 0.145 e. The minimum absolute atomic E-state index is 0.844. The lowest BCUT2D eigenvalue weighted by atomic mass is 10.1. The van der Waals surface area contributed by atoms with Crippen molar-refractivity contribution in [2.45, 2.75) is 26.7 Å². The molecule has 1 heterocycles. The second-order valence-electron chi connectivity index (χ2n) is 4.27. The number of nitrogens with one attached hydrogen (secondary N) is 1. The highest BCUT2D eigenvalue weighted by atomic mass is 15.0. The van der Waals surface area contributed by atoms with E-state index in [1.807, 2.05) is 6.20 Å². The van der Waals surface area contributed by atoms with E-state index in [1.165, 1.54) is 5.56 Å². The van der Waals surface area contributed by atoms with Crippen molar-refractivity contribution in [1.29, 1.82) is 0 Å². The predicted octanol–water partition coefficient (Wildman–Crippen LogP) is 3.53. The maximum atomic E-state index is 4.58. The Hall–Kier alpha value is -1.90. The van der Waals surface area contributed by atoms with Crippen molar-refractivity contribution in [2.24, 2.45) is 0 Å². The number of benzene rings is 1. The molecule has 1 aromatic carbocycles. The van der Waals surface area contributed by atoms with Crippen LogP contribution in [0.15, 0.2) is 36.7 Å². The zero-order valence-corrected chi connectivity index (χ0v) is 11.0. The van der Waals surface area contributed by atoms with E-state index in [9.17, 15) is 0 Å². The molecule has 0 bridgehead atoms. The van der Waals surface area contributed by atoms with Gasteiger partial charge in [-0.25, -0.2) is 4.98 Å². The highest BCUT2D eigenvalue weighted by Gasteiger charge is 2.02. The molecule has 3 heteroatoms. The summed E-state index contributed by atoms with van der Waals surface area (Å²) in [7, 11) is 0. The van der Waals surface area contributed by atoms with Crippen molar-refractivity contribution in [1.82, 2.24) is 9.97 Å². The Morgan fingerprint density at radius 2 is 2.06 bits per heavy atom. The molecule has 0 aliphatic rings. The van der Waals surface area contributed by atoms with E-state index in [1.54, 1.807) is 6.20 Å². The van der Waals surface area contributed by atoms with Gasteiger partial charge in [-0.15, -0.1) is 0 Å². The van der Waals surface area contributed by atoms with Crippen LogP contribution in [0.2, 0.25) is 0 Å². The molecule has 1 aromatic heterocycles. The predicted molar refractivity (Wildman–Crippen MR) is 75.6 cm³/mol. The summed E-state index contributed by atoms with van der Waals surface area (Å²) in [4.78, 5) is 8.83. The van der Waals surface area contributed by atoms with Crippen LogP contribution in [0.5, 0.6) is 0 Å². The number of hydrogen-bond donors (Lipinski definition) is 1. The Kier molecular flexibility index (Phi) is 4.29. The van der Waals surface area contributed by atoms with Crippen LogP contribution < -0.4 is 5.32 Å². The lowest BCUT2D eigenvalue weighted by Crippen LogP contribution is -2.02. The van der Waals surface area contributed by atoms with Crippen molar-refractivity contribution in [3.63, 3.8) is 0 Å². The summed E-state index contributed by atoms with van der Waals surface area (Å²) < 4.78 is 0. The van der Waals surface area contributed by atoms with Crippen LogP contribution in [0.25, 0.3) is 11.3 Å². The summed E-state index contributed by atoms with van der Waals surface area (Å²) in [6.07, 6.45) is 5.70. The monoisotopic (exact) mass is 241 g/mol. The molecule has 0 aliphatic carbocycles. The van der Waals surface area contributed by atoms with Gasteiger partial charge in [0.15, 0.2) is 0 Å². The smallest absolute Gasteiger partial charge is 0.145 e. The summed E-state index contributed by atoms with van der Waals surface area (Å²) in [6.45, 7) is 5.21. The van der Waals surface area contributed by atoms with Gasteiger partial charge in [-0.3, -0.25) is 4.98 Å². The Morgan fingerprint density at radius 1 is 1.17 bits per heavy atom. The Balaban J connectivity index is 2.26. The molecule has 0 aliphatic heterocycles. The molecule has 0 unspecified atom stereocenters. The van der Waals surface area contributed by atoms with Crippen LogP contribution in [0.3, 0.4) is 0 Å². The molecular formula is C15H19N3. The van der Waals surface area contributed by atoms with Gasteiger partial charge in [-0.2, -0.15) is 0 Å². The highest BCUT2D eigenvalue weighted by molar-refractivity contribution is 5.60. The first-order chi connectivity index (χ1) is 8.83. The third kappa shape index (κ3) is 3.06. The van der Waals surface area contributed by atoms with Crippen molar-refractivity contribution in [3.05, 3.63) is 42.2 Å². The van der Waals surface area contributed by atoms with Gasteiger partial charge >= 0.3 is 0 Å². The van der Waals surface area contributed by atoms with Gasteiger partial charge in [0.05, 0.1) is 18.1 Å². The number of rotatable bonds is 5. The molecule has 0 amide bonds. The molecule has 94 valence electrons. The third-order valence-electron chi connectivity index (χ3n) is 2.82. The molecular weight excluding hydrogens is 222 g/mol. The fraction of sp³-hybridized carbons (Fsp3) is 0.333. The quantitative estimate of drug-likeness (QED) is 0.870. The van der Waals surface area contributed by atoms with Crippen LogP contribution in [0.4, 0.5) is 5.82 Å². The molecule has 0 atom stereocenters. The molecule has 18 heavy (non-hydrogen) atoms. The maximum absolute atomic E-state index is 4.58. The first-order valence-electron chi connectivity index (χ1n) is 6.48. The molecule has 0 saturated carbocycles. The average molecular weight is 241 g/mol. The van der Waals surface area contributed by atoms with Gasteiger partial charge in [0.1, 0.15) is 5.82 Å². The molecule has 0 radical (unpaired) electrons. The normalized spacial score (nSPS) is 10.3. The minimum atomic E-state index is 0.844. The van der Waals surface area contributed by atoms with Gasteiger partial charge in [0.25, 0.3) is 0 Å². The second-order valence-corrected chi connectivity index (χ2v) is 4.27. The topological polar surface area (TPSA) is 37.8 Å². The standard InChI is InChI=1S/C15H19N3/c1-3-8-17-15-11-16-10-14(18-15)13-7-5-6-12(4-2)9-13/h5-7,9-11H,3-4,8H2,1-2H3,(H,17,18). The van der Waals surface area contributed by atoms with Crippen LogP contribution in [0.1, 0.15) is 25.8 Å². The third-order valence-corrected chi connectivity index (χ3v) is 2.82. The van der Waals surface area contributed by atoms with E-state index in [0.29, 0.717) is 0 Å². The summed E-state index contributed by atoms with van der Waals surface area (Å²) in [6, 6.07) is 8.46. The number of aryl methyl sites for hydroxylation is 1. The van der Waals surface area contributed by atoms with E-state index >= 15 is 0 Å². The largest absolute Gasteiger partial charge is 0.369 e. The molecule has 3 nitrogen and oxygen atoms in total. The Labute approximate surface area is 108 Å². The van der Waals surface area contributed by atoms with Crippen molar-refractivity contribution < 1.29 is 0 Å². The Morgan fingerprint density at radius 3 is 2.83 bits per heavy atom. The summed E-state index contributed by atoms with van der Waals surface area (Å²) in [5, 5.41) is 3.26. The zero-order chi connectivity index (χ0) is 12.8. The van der Waals surface area contributed by atoms with Gasteiger partial charge < -0.3 is 5.32 Å². The van der Waals surface area contributed by atoms with Crippen LogP contribution in [-0.2, 0) is 6.42 Å². The Bertz CT molecular complexity index is 509. The first-order valence-corrected chi connectivity index (χ1v) is 6.48. The summed E-state index contributed by atoms with van der Waals surface area (Å²) in [5.74, 6) is 0.844. The molecule has 0 spiro atoms. The van der Waals surface area contributed by atoms with E-state index in [0.717, 1.165) is 36.5 Å². The van der Waals surface area contributed by atoms with Gasteiger partial charge in [-0.05, 0) is 24.5 Å². The highest BCUT2D eigenvalue weighted by Crippen LogP contribution is 2.19. The van der Waals surface area contributed by atoms with Crippen molar-refractivity contribution in [2.75, 3.05) is 11.9 Å².